The molecule has 4 heteroatoms. The Morgan fingerprint density at radius 1 is 0.824 bits per heavy atom. The lowest BCUT2D eigenvalue weighted by atomic mass is 10.1. The van der Waals surface area contributed by atoms with Gasteiger partial charge >= 0.3 is 0 Å². The molecule has 2 atom stereocenters. The molecule has 1 heterocycles. The van der Waals surface area contributed by atoms with E-state index in [1.54, 1.807) is 0 Å². The Labute approximate surface area is 208 Å². The number of carbonyl (C=O) groups is 1. The van der Waals surface area contributed by atoms with Crippen LogP contribution in [-0.4, -0.2) is 22.6 Å². The van der Waals surface area contributed by atoms with E-state index in [1.165, 1.54) is 5.56 Å². The van der Waals surface area contributed by atoms with Crippen molar-refractivity contribution >= 4 is 17.7 Å². The molecule has 1 amide bonds. The maximum Gasteiger partial charge on any atom is 0.236 e. The van der Waals surface area contributed by atoms with E-state index in [1.807, 2.05) is 54.2 Å². The van der Waals surface area contributed by atoms with E-state index in [4.69, 9.17) is 4.74 Å². The fourth-order valence-electron chi connectivity index (χ4n) is 4.44. The lowest BCUT2D eigenvalue weighted by molar-refractivity contribution is -0.130. The maximum atomic E-state index is 13.3. The van der Waals surface area contributed by atoms with E-state index in [-0.39, 0.29) is 10.6 Å². The van der Waals surface area contributed by atoms with E-state index in [0.29, 0.717) is 5.91 Å². The Kier molecular flexibility index (Phi) is 9.09. The third-order valence-electron chi connectivity index (χ3n) is 6.28. The number of hydrogen-bond donors (Lipinski definition) is 0. The number of aryl methyl sites for hydroxylation is 1. The number of thioether (sulfide) groups is 1. The van der Waals surface area contributed by atoms with Gasteiger partial charge in [0.25, 0.3) is 0 Å². The third-order valence-corrected chi connectivity index (χ3v) is 7.83. The molecule has 2 unspecified atom stereocenters. The molecular formula is C30H35NO2S. The lowest BCUT2D eigenvalue weighted by Crippen LogP contribution is -2.32. The molecule has 0 saturated carbocycles. The number of amides is 1. The Bertz CT molecular complexity index is 1020. The van der Waals surface area contributed by atoms with E-state index in [2.05, 4.69) is 54.3 Å². The number of rotatable bonds is 12. The maximum absolute atomic E-state index is 13.3. The van der Waals surface area contributed by atoms with Gasteiger partial charge in [-0.1, -0.05) is 86.8 Å². The zero-order valence-electron chi connectivity index (χ0n) is 20.1. The topological polar surface area (TPSA) is 29.5 Å². The highest BCUT2D eigenvalue weighted by molar-refractivity contribution is 8.01. The molecular weight excluding hydrogens is 438 g/mol. The number of hydrogen-bond acceptors (Lipinski definition) is 3. The Morgan fingerprint density at radius 3 is 2.32 bits per heavy atom. The van der Waals surface area contributed by atoms with Crippen LogP contribution in [0.15, 0.2) is 84.9 Å². The number of nitrogens with zero attached hydrogens (tertiary/aromatic N) is 1. The van der Waals surface area contributed by atoms with Crippen LogP contribution in [0.4, 0.5) is 0 Å². The average molecular weight is 474 g/mol. The number of unbranched alkanes of at least 4 members (excludes halogenated alkanes) is 3. The molecule has 3 nitrogen and oxygen atoms in total. The highest BCUT2D eigenvalue weighted by atomic mass is 32.2. The van der Waals surface area contributed by atoms with Gasteiger partial charge in [-0.05, 0) is 61.1 Å². The fourth-order valence-corrected chi connectivity index (χ4v) is 5.97. The van der Waals surface area contributed by atoms with E-state index in [9.17, 15) is 4.79 Å². The first-order valence-corrected chi connectivity index (χ1v) is 13.5. The van der Waals surface area contributed by atoms with Crippen LogP contribution in [0.3, 0.4) is 0 Å². The summed E-state index contributed by atoms with van der Waals surface area (Å²) in [7, 11) is 0. The van der Waals surface area contributed by atoms with Gasteiger partial charge in [0.15, 0.2) is 0 Å². The van der Waals surface area contributed by atoms with Gasteiger partial charge in [0.2, 0.25) is 5.91 Å². The van der Waals surface area contributed by atoms with Crippen molar-refractivity contribution in [2.75, 3.05) is 6.54 Å². The van der Waals surface area contributed by atoms with E-state index in [0.717, 1.165) is 68.6 Å². The number of para-hydroxylation sites is 1. The van der Waals surface area contributed by atoms with Crippen molar-refractivity contribution < 1.29 is 9.53 Å². The highest BCUT2D eigenvalue weighted by Gasteiger charge is 2.40. The summed E-state index contributed by atoms with van der Waals surface area (Å²) in [5.74, 6) is 1.95. The number of ether oxygens (including phenoxy) is 1. The molecule has 1 aliphatic rings. The lowest BCUT2D eigenvalue weighted by Gasteiger charge is -2.24. The van der Waals surface area contributed by atoms with Crippen molar-refractivity contribution in [3.63, 3.8) is 0 Å². The van der Waals surface area contributed by atoms with Crippen LogP contribution >= 0.6 is 11.8 Å². The molecule has 1 fully saturated rings. The number of carbonyl (C=O) groups excluding carboxylic acids is 1. The van der Waals surface area contributed by atoms with Crippen LogP contribution < -0.4 is 4.74 Å². The largest absolute Gasteiger partial charge is 0.457 e. The summed E-state index contributed by atoms with van der Waals surface area (Å²) >= 11 is 1.82. The summed E-state index contributed by atoms with van der Waals surface area (Å²) in [6.07, 6.45) is 7.60. The summed E-state index contributed by atoms with van der Waals surface area (Å²) < 4.78 is 6.07. The summed E-state index contributed by atoms with van der Waals surface area (Å²) in [6, 6.07) is 28.8. The minimum Gasteiger partial charge on any atom is -0.457 e. The molecule has 34 heavy (non-hydrogen) atoms. The van der Waals surface area contributed by atoms with Crippen molar-refractivity contribution in [1.29, 1.82) is 0 Å². The molecule has 178 valence electrons. The molecule has 0 bridgehead atoms. The molecule has 3 aromatic carbocycles. The molecule has 0 aromatic heterocycles. The highest BCUT2D eigenvalue weighted by Crippen LogP contribution is 2.45. The zero-order chi connectivity index (χ0) is 23.6. The minimum atomic E-state index is 0.0582. The summed E-state index contributed by atoms with van der Waals surface area (Å²) in [6.45, 7) is 3.01. The average Bonchev–Trinajstić information content (AvgIpc) is 3.19. The van der Waals surface area contributed by atoms with Crippen LogP contribution in [0, 0.1) is 0 Å². The molecule has 1 aliphatic heterocycles. The van der Waals surface area contributed by atoms with Gasteiger partial charge < -0.3 is 9.64 Å². The summed E-state index contributed by atoms with van der Waals surface area (Å²) in [5.41, 5.74) is 2.54. The van der Waals surface area contributed by atoms with Gasteiger partial charge in [-0.15, -0.1) is 11.8 Å². The van der Waals surface area contributed by atoms with Gasteiger partial charge in [0.1, 0.15) is 16.9 Å². The van der Waals surface area contributed by atoms with Gasteiger partial charge in [-0.2, -0.15) is 0 Å². The quantitative estimate of drug-likeness (QED) is 0.249. The first-order valence-electron chi connectivity index (χ1n) is 12.6. The predicted molar refractivity (Wildman–Crippen MR) is 142 cm³/mol. The molecule has 0 spiro atoms. The Hall–Kier alpha value is -2.72. The van der Waals surface area contributed by atoms with Crippen molar-refractivity contribution in [2.24, 2.45) is 0 Å². The van der Waals surface area contributed by atoms with Crippen LogP contribution in [0.25, 0.3) is 0 Å². The molecule has 4 rings (SSSR count). The zero-order valence-corrected chi connectivity index (χ0v) is 20.9. The minimum absolute atomic E-state index is 0.0582. The number of benzene rings is 3. The van der Waals surface area contributed by atoms with Crippen molar-refractivity contribution in [3.8, 4) is 11.5 Å². The van der Waals surface area contributed by atoms with Crippen molar-refractivity contribution in [1.82, 2.24) is 4.90 Å². The smallest absolute Gasteiger partial charge is 0.236 e. The Morgan fingerprint density at radius 2 is 1.56 bits per heavy atom. The van der Waals surface area contributed by atoms with Gasteiger partial charge in [-0.3, -0.25) is 4.79 Å². The second-order valence-corrected chi connectivity index (χ2v) is 10.2. The van der Waals surface area contributed by atoms with E-state index < -0.39 is 0 Å². The predicted octanol–water partition coefficient (Wildman–Crippen LogP) is 8.02. The van der Waals surface area contributed by atoms with Crippen LogP contribution in [0.1, 0.15) is 61.9 Å². The van der Waals surface area contributed by atoms with Gasteiger partial charge in [0.05, 0.1) is 5.25 Å². The molecule has 0 radical (unpaired) electrons. The fraction of sp³-hybridized carbons (Fsp3) is 0.367. The standard InChI is InChI=1S/C30H35NO2S/c1-2-3-21-28-29(32)31(22-12-6-9-16-24-14-7-4-8-15-24)30(34-28)25-17-13-20-27(23-25)33-26-18-10-5-11-19-26/h4-5,7-8,10-11,13-15,17-20,23,28,30H,2-3,6,9,12,16,21-22H2,1H3. The summed E-state index contributed by atoms with van der Waals surface area (Å²) in [4.78, 5) is 15.5. The van der Waals surface area contributed by atoms with Gasteiger partial charge in [0, 0.05) is 6.54 Å². The Balaban J connectivity index is 1.40. The second-order valence-electron chi connectivity index (χ2n) is 8.93. The molecule has 0 N–H and O–H groups in total. The SMILES string of the molecule is CCCCC1SC(c2cccc(Oc3ccccc3)c2)N(CCCCCc2ccccc2)C1=O. The molecule has 3 aromatic rings. The van der Waals surface area contributed by atoms with Gasteiger partial charge in [-0.25, -0.2) is 0 Å². The normalized spacial score (nSPS) is 17.8. The molecule has 0 aliphatic carbocycles. The summed E-state index contributed by atoms with van der Waals surface area (Å²) in [5, 5.41) is 0.121. The molecule has 1 saturated heterocycles. The van der Waals surface area contributed by atoms with Crippen LogP contribution in [-0.2, 0) is 11.2 Å². The first-order chi connectivity index (χ1) is 16.7. The van der Waals surface area contributed by atoms with Crippen molar-refractivity contribution in [3.05, 3.63) is 96.1 Å². The van der Waals surface area contributed by atoms with E-state index >= 15 is 0 Å². The second kappa shape index (κ2) is 12.7. The van der Waals surface area contributed by atoms with Crippen LogP contribution in [0.2, 0.25) is 0 Å². The monoisotopic (exact) mass is 473 g/mol. The van der Waals surface area contributed by atoms with Crippen molar-refractivity contribution in [2.45, 2.75) is 62.5 Å². The first kappa shape index (κ1) is 24.4. The van der Waals surface area contributed by atoms with Crippen LogP contribution in [0.5, 0.6) is 11.5 Å². The third kappa shape index (κ3) is 6.66.